The molecule has 0 amide bonds. The highest BCUT2D eigenvalue weighted by Crippen LogP contribution is 2.31. The van der Waals surface area contributed by atoms with Gasteiger partial charge >= 0.3 is 0 Å². The minimum Gasteiger partial charge on any atom is -0.461 e. The van der Waals surface area contributed by atoms with Crippen LogP contribution in [0.4, 0.5) is 0 Å². The average Bonchev–Trinajstić information content (AvgIpc) is 3.29. The number of aromatic nitrogens is 1. The summed E-state index contributed by atoms with van der Waals surface area (Å²) in [6.07, 6.45) is 6.73. The molecule has 0 unspecified atom stereocenters. The molecule has 5 nitrogen and oxygen atoms in total. The number of ketones is 1. The second-order valence-electron chi connectivity index (χ2n) is 7.06. The molecule has 2 N–H and O–H groups in total. The van der Waals surface area contributed by atoms with Crippen molar-refractivity contribution in [3.63, 3.8) is 0 Å². The highest BCUT2D eigenvalue weighted by Gasteiger charge is 2.20. The van der Waals surface area contributed by atoms with Crippen LogP contribution in [0.15, 0.2) is 53.3 Å². The fourth-order valence-electron chi connectivity index (χ4n) is 3.60. The van der Waals surface area contributed by atoms with Crippen LogP contribution in [0, 0.1) is 0 Å². The van der Waals surface area contributed by atoms with Crippen molar-refractivity contribution < 1.29 is 9.21 Å². The highest BCUT2D eigenvalue weighted by atomic mass is 16.3. The van der Waals surface area contributed by atoms with Gasteiger partial charge in [0, 0.05) is 41.8 Å². The number of nitrogens with zero attached hydrogens (tertiary/aromatic N) is 2. The van der Waals surface area contributed by atoms with E-state index in [-0.39, 0.29) is 5.78 Å². The van der Waals surface area contributed by atoms with E-state index < -0.39 is 0 Å². The summed E-state index contributed by atoms with van der Waals surface area (Å²) in [5.74, 6) is 6.39. The molecule has 0 aliphatic carbocycles. The van der Waals surface area contributed by atoms with E-state index in [1.807, 2.05) is 18.3 Å². The van der Waals surface area contributed by atoms with Gasteiger partial charge in [-0.15, -0.1) is 0 Å². The van der Waals surface area contributed by atoms with Crippen molar-refractivity contribution in [1.82, 2.24) is 9.58 Å². The molecule has 3 heterocycles. The van der Waals surface area contributed by atoms with Gasteiger partial charge in [-0.2, -0.15) is 0 Å². The van der Waals surface area contributed by atoms with Gasteiger partial charge in [-0.3, -0.25) is 14.4 Å². The molecular formula is C21H23N3O2. The number of rotatable bonds is 4. The maximum absolute atomic E-state index is 12.6. The lowest BCUT2D eigenvalue weighted by Gasteiger charge is -2.29. The summed E-state index contributed by atoms with van der Waals surface area (Å²) >= 11 is 0. The van der Waals surface area contributed by atoms with Crippen LogP contribution >= 0.6 is 0 Å². The quantitative estimate of drug-likeness (QED) is 0.576. The fourth-order valence-corrected chi connectivity index (χ4v) is 3.60. The molecule has 0 atom stereocenters. The molecule has 134 valence electrons. The second-order valence-corrected chi connectivity index (χ2v) is 7.06. The Bertz CT molecular complexity index is 980. The SMILES string of the molecule is CC(C)N1CC=C(c2cn(N)c3ccc(C(=O)c4ccco4)cc23)CC1. The summed E-state index contributed by atoms with van der Waals surface area (Å²) < 4.78 is 6.89. The van der Waals surface area contributed by atoms with Crippen molar-refractivity contribution in [2.75, 3.05) is 18.9 Å². The molecule has 2 aromatic heterocycles. The standard InChI is InChI=1S/C21H23N3O2/c1-14(2)23-9-7-15(8-10-23)18-13-24(22)19-6-5-16(12-17(18)19)21(25)20-4-3-11-26-20/h3-7,11-14H,8-10,22H2,1-2H3. The molecule has 0 bridgehead atoms. The van der Waals surface area contributed by atoms with Gasteiger partial charge in [-0.05, 0) is 56.2 Å². The number of hydrogen-bond acceptors (Lipinski definition) is 4. The molecule has 0 fully saturated rings. The highest BCUT2D eigenvalue weighted by molar-refractivity contribution is 6.09. The van der Waals surface area contributed by atoms with Crippen LogP contribution in [0.3, 0.4) is 0 Å². The molecule has 0 radical (unpaired) electrons. The molecular weight excluding hydrogens is 326 g/mol. The first-order chi connectivity index (χ1) is 12.5. The molecule has 5 heteroatoms. The number of fused-ring (bicyclic) bond motifs is 1. The molecule has 4 rings (SSSR count). The van der Waals surface area contributed by atoms with E-state index in [0.717, 1.165) is 36.0 Å². The van der Waals surface area contributed by atoms with E-state index in [1.165, 1.54) is 11.8 Å². The third-order valence-corrected chi connectivity index (χ3v) is 5.16. The summed E-state index contributed by atoms with van der Waals surface area (Å²) in [6, 6.07) is 9.58. The van der Waals surface area contributed by atoms with Gasteiger partial charge in [0.05, 0.1) is 11.8 Å². The monoisotopic (exact) mass is 349 g/mol. The largest absolute Gasteiger partial charge is 0.461 e. The van der Waals surface area contributed by atoms with Crippen molar-refractivity contribution in [3.8, 4) is 0 Å². The third-order valence-electron chi connectivity index (χ3n) is 5.16. The topological polar surface area (TPSA) is 64.4 Å². The van der Waals surface area contributed by atoms with Crippen LogP contribution in [-0.4, -0.2) is 34.5 Å². The van der Waals surface area contributed by atoms with Crippen molar-refractivity contribution in [1.29, 1.82) is 0 Å². The molecule has 1 aromatic carbocycles. The normalized spacial score (nSPS) is 15.6. The minimum atomic E-state index is -0.115. The van der Waals surface area contributed by atoms with Gasteiger partial charge in [0.2, 0.25) is 5.78 Å². The van der Waals surface area contributed by atoms with E-state index in [1.54, 1.807) is 22.9 Å². The molecule has 26 heavy (non-hydrogen) atoms. The Morgan fingerprint density at radius 1 is 1.27 bits per heavy atom. The number of carbonyl (C=O) groups excluding carboxylic acids is 1. The van der Waals surface area contributed by atoms with Gasteiger partial charge < -0.3 is 10.3 Å². The Balaban J connectivity index is 1.74. The number of nitrogen functional groups attached to an aromatic ring is 1. The second kappa shape index (κ2) is 6.50. The number of carbonyl (C=O) groups is 1. The van der Waals surface area contributed by atoms with Crippen molar-refractivity contribution in [2.45, 2.75) is 26.3 Å². The number of benzene rings is 1. The summed E-state index contributed by atoms with van der Waals surface area (Å²) in [4.78, 5) is 15.1. The average molecular weight is 349 g/mol. The van der Waals surface area contributed by atoms with Crippen LogP contribution in [-0.2, 0) is 0 Å². The lowest BCUT2D eigenvalue weighted by atomic mass is 9.96. The number of nitrogens with two attached hydrogens (primary N) is 1. The minimum absolute atomic E-state index is 0.115. The van der Waals surface area contributed by atoms with Crippen molar-refractivity contribution in [3.05, 3.63) is 65.8 Å². The van der Waals surface area contributed by atoms with Crippen LogP contribution < -0.4 is 5.84 Å². The molecule has 0 saturated carbocycles. The predicted molar refractivity (Wildman–Crippen MR) is 104 cm³/mol. The van der Waals surface area contributed by atoms with Crippen LogP contribution in [0.1, 0.15) is 41.9 Å². The van der Waals surface area contributed by atoms with Crippen LogP contribution in [0.5, 0.6) is 0 Å². The summed E-state index contributed by atoms with van der Waals surface area (Å²) in [5, 5.41) is 1.01. The van der Waals surface area contributed by atoms with E-state index in [4.69, 9.17) is 10.3 Å². The zero-order valence-corrected chi connectivity index (χ0v) is 15.1. The lowest BCUT2D eigenvalue weighted by Crippen LogP contribution is -2.34. The molecule has 0 spiro atoms. The molecule has 1 aliphatic heterocycles. The first-order valence-corrected chi connectivity index (χ1v) is 8.96. The molecule has 1 aliphatic rings. The maximum Gasteiger partial charge on any atom is 0.228 e. The predicted octanol–water partition coefficient (Wildman–Crippen LogP) is 3.68. The van der Waals surface area contributed by atoms with Crippen molar-refractivity contribution >= 4 is 22.3 Å². The first-order valence-electron chi connectivity index (χ1n) is 8.96. The number of furan rings is 1. The fraction of sp³-hybridized carbons (Fsp3) is 0.286. The van der Waals surface area contributed by atoms with Crippen LogP contribution in [0.25, 0.3) is 16.5 Å². The zero-order valence-electron chi connectivity index (χ0n) is 15.1. The molecule has 0 saturated heterocycles. The van der Waals surface area contributed by atoms with Gasteiger partial charge in [-0.25, -0.2) is 0 Å². The maximum atomic E-state index is 12.6. The Kier molecular flexibility index (Phi) is 4.17. The Hall–Kier alpha value is -2.79. The van der Waals surface area contributed by atoms with E-state index in [0.29, 0.717) is 17.4 Å². The third kappa shape index (κ3) is 2.84. The van der Waals surface area contributed by atoms with E-state index in [2.05, 4.69) is 24.8 Å². The van der Waals surface area contributed by atoms with E-state index >= 15 is 0 Å². The summed E-state index contributed by atoms with van der Waals surface area (Å²) in [5.41, 5.74) is 3.93. The molecule has 3 aromatic rings. The van der Waals surface area contributed by atoms with Gasteiger partial charge in [-0.1, -0.05) is 6.08 Å². The Labute approximate surface area is 152 Å². The number of hydrogen-bond donors (Lipinski definition) is 1. The van der Waals surface area contributed by atoms with Gasteiger partial charge in [0.1, 0.15) is 0 Å². The van der Waals surface area contributed by atoms with Gasteiger partial charge in [0.15, 0.2) is 5.76 Å². The van der Waals surface area contributed by atoms with E-state index in [9.17, 15) is 4.79 Å². The Morgan fingerprint density at radius 3 is 2.77 bits per heavy atom. The first kappa shape index (κ1) is 16.7. The lowest BCUT2D eigenvalue weighted by molar-refractivity contribution is 0.101. The van der Waals surface area contributed by atoms with Crippen molar-refractivity contribution in [2.24, 2.45) is 0 Å². The van der Waals surface area contributed by atoms with Crippen LogP contribution in [0.2, 0.25) is 0 Å². The summed E-state index contributed by atoms with van der Waals surface area (Å²) in [6.45, 7) is 6.41. The smallest absolute Gasteiger partial charge is 0.228 e. The Morgan fingerprint density at radius 2 is 2.12 bits per heavy atom. The summed E-state index contributed by atoms with van der Waals surface area (Å²) in [7, 11) is 0. The van der Waals surface area contributed by atoms with Gasteiger partial charge in [0.25, 0.3) is 0 Å². The zero-order chi connectivity index (χ0) is 18.3.